The Morgan fingerprint density at radius 3 is 2.36 bits per heavy atom. The summed E-state index contributed by atoms with van der Waals surface area (Å²) in [4.78, 5) is 11.9. The number of halogens is 1. The van der Waals surface area contributed by atoms with E-state index in [1.54, 1.807) is 0 Å². The van der Waals surface area contributed by atoms with E-state index in [9.17, 15) is 9.18 Å². The van der Waals surface area contributed by atoms with Crippen LogP contribution in [0.3, 0.4) is 0 Å². The van der Waals surface area contributed by atoms with E-state index in [1.165, 1.54) is 24.3 Å². The first-order chi connectivity index (χ1) is 12.2. The molecule has 0 aliphatic rings. The molecule has 0 saturated carbocycles. The third-order valence-electron chi connectivity index (χ3n) is 3.61. The Morgan fingerprint density at radius 2 is 1.68 bits per heavy atom. The Bertz CT molecular complexity index is 658. The van der Waals surface area contributed by atoms with Gasteiger partial charge in [-0.25, -0.2) is 4.39 Å². The molecule has 0 saturated heterocycles. The van der Waals surface area contributed by atoms with E-state index in [0.717, 1.165) is 24.5 Å². The van der Waals surface area contributed by atoms with Crippen molar-refractivity contribution < 1.29 is 18.7 Å². The highest BCUT2D eigenvalue weighted by atomic mass is 19.1. The summed E-state index contributed by atoms with van der Waals surface area (Å²) in [7, 11) is 0. The number of Topliss-reactive ketones (excluding diaryl/α,β-unsaturated/α-hetero) is 1. The summed E-state index contributed by atoms with van der Waals surface area (Å²) in [6.45, 7) is 4.47. The van der Waals surface area contributed by atoms with Crippen molar-refractivity contribution in [1.82, 2.24) is 5.32 Å². The first kappa shape index (κ1) is 18.9. The maximum absolute atomic E-state index is 12.8. The fourth-order valence-electron chi connectivity index (χ4n) is 2.36. The van der Waals surface area contributed by atoms with Crippen molar-refractivity contribution in [3.8, 4) is 11.5 Å². The molecule has 1 N–H and O–H groups in total. The first-order valence-corrected chi connectivity index (χ1v) is 8.55. The second kappa shape index (κ2) is 10.5. The third-order valence-corrected chi connectivity index (χ3v) is 3.61. The second-order valence-corrected chi connectivity index (χ2v) is 5.51. The molecule has 0 atom stereocenters. The molecule has 0 unspecified atom stereocenters. The van der Waals surface area contributed by atoms with Gasteiger partial charge in [0.15, 0.2) is 17.3 Å². The second-order valence-electron chi connectivity index (χ2n) is 5.51. The molecule has 2 aromatic rings. The Kier molecular flexibility index (Phi) is 7.92. The van der Waals surface area contributed by atoms with Gasteiger partial charge in [-0.2, -0.15) is 0 Å². The van der Waals surface area contributed by atoms with Crippen LogP contribution < -0.4 is 14.8 Å². The van der Waals surface area contributed by atoms with Crippen molar-refractivity contribution in [3.63, 3.8) is 0 Å². The summed E-state index contributed by atoms with van der Waals surface area (Å²) in [5.41, 5.74) is 0.553. The van der Waals surface area contributed by atoms with Crippen LogP contribution in [0, 0.1) is 5.82 Å². The fraction of sp³-hybridized carbons (Fsp3) is 0.350. The predicted molar refractivity (Wildman–Crippen MR) is 95.9 cm³/mol. The van der Waals surface area contributed by atoms with Crippen LogP contribution in [0.2, 0.25) is 0 Å². The minimum atomic E-state index is -0.330. The number of hydrogen-bond acceptors (Lipinski definition) is 4. The molecule has 2 aromatic carbocycles. The number of benzene rings is 2. The summed E-state index contributed by atoms with van der Waals surface area (Å²) < 4.78 is 24.0. The summed E-state index contributed by atoms with van der Waals surface area (Å²) in [6.07, 6.45) is 1.17. The lowest BCUT2D eigenvalue weighted by atomic mass is 10.1. The normalized spacial score (nSPS) is 10.5. The minimum Gasteiger partial charge on any atom is -0.490 e. The summed E-state index contributed by atoms with van der Waals surface area (Å²) in [5, 5.41) is 3.25. The Hall–Kier alpha value is -2.40. The van der Waals surface area contributed by atoms with E-state index in [-0.39, 0.29) is 11.6 Å². The van der Waals surface area contributed by atoms with E-state index in [1.807, 2.05) is 31.2 Å². The van der Waals surface area contributed by atoms with Crippen LogP contribution in [0.25, 0.3) is 0 Å². The molecule has 0 amide bonds. The molecule has 0 spiro atoms. The maximum atomic E-state index is 12.8. The highest BCUT2D eigenvalue weighted by Crippen LogP contribution is 2.25. The largest absolute Gasteiger partial charge is 0.490 e. The Morgan fingerprint density at radius 1 is 1.00 bits per heavy atom. The average molecular weight is 345 g/mol. The van der Waals surface area contributed by atoms with Crippen LogP contribution in [0.4, 0.5) is 4.39 Å². The number of carbonyl (C=O) groups excluding carboxylic acids is 1. The van der Waals surface area contributed by atoms with Crippen molar-refractivity contribution >= 4 is 5.78 Å². The van der Waals surface area contributed by atoms with Crippen LogP contribution in [0.15, 0.2) is 48.5 Å². The van der Waals surface area contributed by atoms with Gasteiger partial charge in [0.05, 0.1) is 6.61 Å². The van der Waals surface area contributed by atoms with E-state index in [4.69, 9.17) is 9.47 Å². The van der Waals surface area contributed by atoms with Crippen LogP contribution >= 0.6 is 0 Å². The topological polar surface area (TPSA) is 47.6 Å². The number of ether oxygens (including phenoxy) is 2. The number of rotatable bonds is 11. The van der Waals surface area contributed by atoms with Crippen molar-refractivity contribution in [1.29, 1.82) is 0 Å². The van der Waals surface area contributed by atoms with Gasteiger partial charge in [0.1, 0.15) is 12.4 Å². The number of hydrogen-bond donors (Lipinski definition) is 1. The molecule has 5 heteroatoms. The maximum Gasteiger partial charge on any atom is 0.162 e. The molecule has 0 fully saturated rings. The van der Waals surface area contributed by atoms with Crippen LogP contribution in [-0.2, 0) is 0 Å². The van der Waals surface area contributed by atoms with Gasteiger partial charge < -0.3 is 14.8 Å². The van der Waals surface area contributed by atoms with Gasteiger partial charge in [-0.15, -0.1) is 0 Å². The average Bonchev–Trinajstić information content (AvgIpc) is 2.63. The van der Waals surface area contributed by atoms with E-state index < -0.39 is 0 Å². The van der Waals surface area contributed by atoms with Crippen molar-refractivity contribution in [2.24, 2.45) is 0 Å². The lowest BCUT2D eigenvalue weighted by Gasteiger charge is -2.11. The molecular formula is C20H24FNO3. The van der Waals surface area contributed by atoms with Crippen molar-refractivity contribution in [3.05, 3.63) is 59.9 Å². The zero-order valence-corrected chi connectivity index (χ0v) is 14.5. The number of carbonyl (C=O) groups is 1. The van der Waals surface area contributed by atoms with Crippen LogP contribution in [0.5, 0.6) is 11.5 Å². The van der Waals surface area contributed by atoms with Gasteiger partial charge >= 0.3 is 0 Å². The lowest BCUT2D eigenvalue weighted by molar-refractivity contribution is 0.0980. The standard InChI is InChI=1S/C20H24FNO3/c1-2-24-19-7-3-4-8-20(19)25-15-14-22-13-5-6-18(23)16-9-11-17(21)12-10-16/h3-4,7-12,22H,2,5-6,13-15H2,1H3. The fourth-order valence-corrected chi connectivity index (χ4v) is 2.36. The van der Waals surface area contributed by atoms with Crippen LogP contribution in [0.1, 0.15) is 30.1 Å². The van der Waals surface area contributed by atoms with E-state index in [0.29, 0.717) is 31.7 Å². The van der Waals surface area contributed by atoms with Gasteiger partial charge in [-0.3, -0.25) is 4.79 Å². The van der Waals surface area contributed by atoms with Gasteiger partial charge in [-0.05, 0) is 56.3 Å². The minimum absolute atomic E-state index is 0.0312. The molecule has 0 radical (unpaired) electrons. The summed E-state index contributed by atoms with van der Waals surface area (Å²) in [5.74, 6) is 1.18. The summed E-state index contributed by atoms with van der Waals surface area (Å²) in [6, 6.07) is 13.2. The molecule has 4 nitrogen and oxygen atoms in total. The van der Waals surface area contributed by atoms with Crippen LogP contribution in [-0.4, -0.2) is 32.1 Å². The smallest absolute Gasteiger partial charge is 0.162 e. The molecular weight excluding hydrogens is 321 g/mol. The molecule has 2 rings (SSSR count). The lowest BCUT2D eigenvalue weighted by Crippen LogP contribution is -2.22. The van der Waals surface area contributed by atoms with E-state index in [2.05, 4.69) is 5.32 Å². The quantitative estimate of drug-likeness (QED) is 0.496. The highest BCUT2D eigenvalue weighted by Gasteiger charge is 2.06. The molecule has 25 heavy (non-hydrogen) atoms. The third kappa shape index (κ3) is 6.55. The molecule has 0 aliphatic heterocycles. The molecule has 0 bridgehead atoms. The van der Waals surface area contributed by atoms with Crippen molar-refractivity contribution in [2.75, 3.05) is 26.3 Å². The monoisotopic (exact) mass is 345 g/mol. The molecule has 0 aliphatic carbocycles. The highest BCUT2D eigenvalue weighted by molar-refractivity contribution is 5.95. The number of nitrogens with one attached hydrogen (secondary N) is 1. The number of ketones is 1. The Balaban J connectivity index is 1.59. The van der Waals surface area contributed by atoms with Gasteiger partial charge in [0.25, 0.3) is 0 Å². The molecule has 134 valence electrons. The first-order valence-electron chi connectivity index (χ1n) is 8.55. The zero-order chi connectivity index (χ0) is 17.9. The molecule has 0 aromatic heterocycles. The van der Waals surface area contributed by atoms with Gasteiger partial charge in [-0.1, -0.05) is 12.1 Å². The Labute approximate surface area is 148 Å². The SMILES string of the molecule is CCOc1ccccc1OCCNCCCC(=O)c1ccc(F)cc1. The van der Waals surface area contributed by atoms with Gasteiger partial charge in [0.2, 0.25) is 0 Å². The number of para-hydroxylation sites is 2. The van der Waals surface area contributed by atoms with E-state index >= 15 is 0 Å². The summed E-state index contributed by atoms with van der Waals surface area (Å²) >= 11 is 0. The predicted octanol–water partition coefficient (Wildman–Crippen LogP) is 3.86. The van der Waals surface area contributed by atoms with Gasteiger partial charge in [0, 0.05) is 18.5 Å². The van der Waals surface area contributed by atoms with Crippen molar-refractivity contribution in [2.45, 2.75) is 19.8 Å². The molecule has 0 heterocycles. The zero-order valence-electron chi connectivity index (χ0n) is 14.5.